The van der Waals surface area contributed by atoms with E-state index in [2.05, 4.69) is 43.5 Å². The van der Waals surface area contributed by atoms with Crippen LogP contribution in [-0.4, -0.2) is 46.3 Å². The van der Waals surface area contributed by atoms with Crippen LogP contribution in [0.1, 0.15) is 35.6 Å². The lowest BCUT2D eigenvalue weighted by Gasteiger charge is -2.25. The highest BCUT2D eigenvalue weighted by Crippen LogP contribution is 2.33. The van der Waals surface area contributed by atoms with Gasteiger partial charge in [0, 0.05) is 18.2 Å². The molecular formula is C18H22F3NO4. The Balaban J connectivity index is 0.000000412. The molecule has 2 rings (SSSR count). The zero-order chi connectivity index (χ0) is 20.1. The fourth-order valence-electron chi connectivity index (χ4n) is 2.91. The number of rotatable bonds is 4. The van der Waals surface area contributed by atoms with Gasteiger partial charge < -0.3 is 10.2 Å². The van der Waals surface area contributed by atoms with Gasteiger partial charge in [-0.25, -0.2) is 9.59 Å². The monoisotopic (exact) mass is 373 g/mol. The van der Waals surface area contributed by atoms with Crippen LogP contribution in [0.3, 0.4) is 0 Å². The van der Waals surface area contributed by atoms with Crippen LogP contribution in [0.2, 0.25) is 0 Å². The van der Waals surface area contributed by atoms with Gasteiger partial charge in [-0.1, -0.05) is 35.9 Å². The Labute approximate surface area is 149 Å². The van der Waals surface area contributed by atoms with Gasteiger partial charge in [0.2, 0.25) is 0 Å². The van der Waals surface area contributed by atoms with Crippen LogP contribution in [0.5, 0.6) is 0 Å². The molecule has 0 bridgehead atoms. The van der Waals surface area contributed by atoms with Crippen molar-refractivity contribution in [3.05, 3.63) is 47.0 Å². The zero-order valence-electron chi connectivity index (χ0n) is 14.6. The number of benzene rings is 1. The maximum absolute atomic E-state index is 10.9. The number of hydrogen-bond donors (Lipinski definition) is 2. The second kappa shape index (κ2) is 8.84. The van der Waals surface area contributed by atoms with Gasteiger partial charge >= 0.3 is 18.1 Å². The molecule has 1 aliphatic heterocycles. The summed E-state index contributed by atoms with van der Waals surface area (Å²) in [7, 11) is 0. The first kappa shape index (κ1) is 21.7. The van der Waals surface area contributed by atoms with Crippen LogP contribution in [0.25, 0.3) is 0 Å². The first-order chi connectivity index (χ1) is 11.9. The third kappa shape index (κ3) is 6.51. The standard InChI is InChI=1S/C16H21NO2.C2HF3O2/c1-11-7-12(2)9-14(8-11)15-5-4-6-17(15)10-13(3)16(18)19;3-2(4,5)1(6)7/h7-9,15H,3-6,10H2,1-2H3,(H,18,19);(H,6,7). The number of hydrogen-bond acceptors (Lipinski definition) is 3. The molecule has 0 aromatic heterocycles. The Morgan fingerprint density at radius 2 is 1.69 bits per heavy atom. The van der Waals surface area contributed by atoms with Crippen molar-refractivity contribution in [2.45, 2.75) is 38.9 Å². The summed E-state index contributed by atoms with van der Waals surface area (Å²) < 4.78 is 31.7. The molecule has 5 nitrogen and oxygen atoms in total. The van der Waals surface area contributed by atoms with E-state index in [1.54, 1.807) is 0 Å². The molecular weight excluding hydrogens is 351 g/mol. The molecule has 0 aliphatic carbocycles. The molecule has 8 heteroatoms. The summed E-state index contributed by atoms with van der Waals surface area (Å²) in [5, 5.41) is 16.1. The maximum atomic E-state index is 10.9. The van der Waals surface area contributed by atoms with Gasteiger partial charge in [-0.3, -0.25) is 4.90 Å². The third-order valence-corrected chi connectivity index (χ3v) is 3.93. The number of carbonyl (C=O) groups is 2. The second-order valence-corrected chi connectivity index (χ2v) is 6.26. The average Bonchev–Trinajstić information content (AvgIpc) is 2.93. The molecule has 1 aromatic carbocycles. The van der Waals surface area contributed by atoms with Crippen LogP contribution in [-0.2, 0) is 9.59 Å². The number of carboxylic acids is 2. The van der Waals surface area contributed by atoms with E-state index in [1.165, 1.54) is 16.7 Å². The zero-order valence-corrected chi connectivity index (χ0v) is 14.6. The largest absolute Gasteiger partial charge is 0.490 e. The molecule has 1 heterocycles. The number of aryl methyl sites for hydroxylation is 2. The van der Waals surface area contributed by atoms with E-state index in [9.17, 15) is 18.0 Å². The summed E-state index contributed by atoms with van der Waals surface area (Å²) in [5.41, 5.74) is 4.10. The van der Waals surface area contributed by atoms with Gasteiger partial charge in [0.25, 0.3) is 0 Å². The summed E-state index contributed by atoms with van der Waals surface area (Å²) in [4.78, 5) is 22.0. The van der Waals surface area contributed by atoms with Gasteiger partial charge in [0.1, 0.15) is 0 Å². The Kier molecular flexibility index (Phi) is 7.38. The minimum absolute atomic E-state index is 0.274. The summed E-state index contributed by atoms with van der Waals surface area (Å²) in [6, 6.07) is 6.91. The summed E-state index contributed by atoms with van der Waals surface area (Å²) in [6.45, 7) is 9.25. The molecule has 1 aliphatic rings. The van der Waals surface area contributed by atoms with Gasteiger partial charge in [0.05, 0.1) is 0 Å². The minimum Gasteiger partial charge on any atom is -0.478 e. The number of likely N-dealkylation sites (tertiary alicyclic amines) is 1. The van der Waals surface area contributed by atoms with Crippen molar-refractivity contribution in [3.8, 4) is 0 Å². The highest BCUT2D eigenvalue weighted by molar-refractivity contribution is 5.86. The minimum atomic E-state index is -5.08. The van der Waals surface area contributed by atoms with Gasteiger partial charge in [-0.15, -0.1) is 0 Å². The third-order valence-electron chi connectivity index (χ3n) is 3.93. The lowest BCUT2D eigenvalue weighted by atomic mass is 9.99. The SMILES string of the molecule is C=C(CN1CCCC1c1cc(C)cc(C)c1)C(=O)O.O=C(O)C(F)(F)F. The molecule has 1 fully saturated rings. The van der Waals surface area contributed by atoms with E-state index in [1.807, 2.05) is 0 Å². The summed E-state index contributed by atoms with van der Waals surface area (Å²) in [5.74, 6) is -3.65. The predicted molar refractivity (Wildman–Crippen MR) is 89.9 cm³/mol. The first-order valence-electron chi connectivity index (χ1n) is 7.95. The second-order valence-electron chi connectivity index (χ2n) is 6.26. The number of aliphatic carboxylic acids is 2. The van der Waals surface area contributed by atoms with E-state index in [-0.39, 0.29) is 5.57 Å². The van der Waals surface area contributed by atoms with E-state index < -0.39 is 18.1 Å². The van der Waals surface area contributed by atoms with Crippen LogP contribution in [0, 0.1) is 13.8 Å². The van der Waals surface area contributed by atoms with Crippen molar-refractivity contribution in [2.24, 2.45) is 0 Å². The summed E-state index contributed by atoms with van der Waals surface area (Å²) >= 11 is 0. The predicted octanol–water partition coefficient (Wildman–Crippen LogP) is 3.71. The molecule has 26 heavy (non-hydrogen) atoms. The van der Waals surface area contributed by atoms with E-state index in [0.717, 1.165) is 19.4 Å². The Hall–Kier alpha value is -2.35. The fourth-order valence-corrected chi connectivity index (χ4v) is 2.91. The number of carboxylic acid groups (broad SMARTS) is 2. The van der Waals surface area contributed by atoms with E-state index in [4.69, 9.17) is 15.0 Å². The van der Waals surface area contributed by atoms with Crippen molar-refractivity contribution >= 4 is 11.9 Å². The molecule has 1 atom stereocenters. The lowest BCUT2D eigenvalue weighted by Crippen LogP contribution is -2.27. The molecule has 1 aromatic rings. The highest BCUT2D eigenvalue weighted by Gasteiger charge is 2.38. The maximum Gasteiger partial charge on any atom is 0.490 e. The Morgan fingerprint density at radius 3 is 2.12 bits per heavy atom. The van der Waals surface area contributed by atoms with Crippen molar-refractivity contribution in [1.82, 2.24) is 4.90 Å². The van der Waals surface area contributed by atoms with Crippen LogP contribution < -0.4 is 0 Å². The highest BCUT2D eigenvalue weighted by atomic mass is 19.4. The van der Waals surface area contributed by atoms with Crippen LogP contribution >= 0.6 is 0 Å². The quantitative estimate of drug-likeness (QED) is 0.787. The first-order valence-corrected chi connectivity index (χ1v) is 7.95. The van der Waals surface area contributed by atoms with Gasteiger partial charge in [-0.05, 0) is 38.8 Å². The average molecular weight is 373 g/mol. The molecule has 0 amide bonds. The number of halogens is 3. The molecule has 0 spiro atoms. The van der Waals surface area contributed by atoms with Crippen LogP contribution in [0.15, 0.2) is 30.4 Å². The summed E-state index contributed by atoms with van der Waals surface area (Å²) in [6.07, 6.45) is -2.87. The van der Waals surface area contributed by atoms with Gasteiger partial charge in [0.15, 0.2) is 0 Å². The van der Waals surface area contributed by atoms with Crippen LogP contribution in [0.4, 0.5) is 13.2 Å². The topological polar surface area (TPSA) is 77.8 Å². The molecule has 2 N–H and O–H groups in total. The van der Waals surface area contributed by atoms with E-state index in [0.29, 0.717) is 12.6 Å². The molecule has 1 saturated heterocycles. The fraction of sp³-hybridized carbons (Fsp3) is 0.444. The van der Waals surface area contributed by atoms with Crippen molar-refractivity contribution < 1.29 is 33.0 Å². The normalized spacial score (nSPS) is 17.3. The number of alkyl halides is 3. The van der Waals surface area contributed by atoms with E-state index >= 15 is 0 Å². The molecule has 1 unspecified atom stereocenters. The molecule has 144 valence electrons. The van der Waals surface area contributed by atoms with Crippen molar-refractivity contribution in [1.29, 1.82) is 0 Å². The Morgan fingerprint density at radius 1 is 1.19 bits per heavy atom. The lowest BCUT2D eigenvalue weighted by molar-refractivity contribution is -0.192. The molecule has 0 saturated carbocycles. The number of nitrogens with zero attached hydrogens (tertiary/aromatic N) is 1. The Bertz CT molecular complexity index is 665. The molecule has 0 radical (unpaired) electrons. The smallest absolute Gasteiger partial charge is 0.478 e. The van der Waals surface area contributed by atoms with Gasteiger partial charge in [-0.2, -0.15) is 13.2 Å². The van der Waals surface area contributed by atoms with Crippen molar-refractivity contribution in [2.75, 3.05) is 13.1 Å². The van der Waals surface area contributed by atoms with Crippen molar-refractivity contribution in [3.63, 3.8) is 0 Å².